The molecule has 24 heavy (non-hydrogen) atoms. The van der Waals surface area contributed by atoms with Crippen molar-refractivity contribution < 1.29 is 18.0 Å². The predicted molar refractivity (Wildman–Crippen MR) is 83.4 cm³/mol. The largest absolute Gasteiger partial charge is 0.416 e. The van der Waals surface area contributed by atoms with Crippen molar-refractivity contribution in [1.82, 2.24) is 15.3 Å². The van der Waals surface area contributed by atoms with Crippen LogP contribution in [0, 0.1) is 0 Å². The van der Waals surface area contributed by atoms with Crippen molar-refractivity contribution in [3.8, 4) is 0 Å². The molecule has 1 aromatic heterocycles. The highest BCUT2D eigenvalue weighted by Crippen LogP contribution is 2.29. The number of amides is 1. The predicted octanol–water partition coefficient (Wildman–Crippen LogP) is 2.42. The van der Waals surface area contributed by atoms with Crippen LogP contribution in [0.5, 0.6) is 0 Å². The van der Waals surface area contributed by atoms with Crippen LogP contribution in [0.4, 0.5) is 19.1 Å². The van der Waals surface area contributed by atoms with Crippen LogP contribution in [0.25, 0.3) is 0 Å². The molecular formula is C16H17F3N4O. The first-order valence-corrected chi connectivity index (χ1v) is 7.18. The highest BCUT2D eigenvalue weighted by Gasteiger charge is 2.30. The lowest BCUT2D eigenvalue weighted by atomic mass is 10.1. The van der Waals surface area contributed by atoms with Crippen molar-refractivity contribution in [2.75, 3.05) is 19.0 Å². The van der Waals surface area contributed by atoms with Crippen molar-refractivity contribution in [3.63, 3.8) is 0 Å². The smallest absolute Gasteiger partial charge is 0.350 e. The highest BCUT2D eigenvalue weighted by atomic mass is 19.4. The number of hydrogen-bond acceptors (Lipinski definition) is 4. The van der Waals surface area contributed by atoms with Crippen molar-refractivity contribution >= 4 is 11.9 Å². The third kappa shape index (κ3) is 4.94. The molecule has 0 radical (unpaired) electrons. The van der Waals surface area contributed by atoms with Gasteiger partial charge in [0.25, 0.3) is 0 Å². The average Bonchev–Trinajstić information content (AvgIpc) is 2.52. The number of nitrogens with zero attached hydrogens (tertiary/aromatic N) is 3. The summed E-state index contributed by atoms with van der Waals surface area (Å²) < 4.78 is 38.0. The lowest BCUT2D eigenvalue weighted by molar-refractivity contribution is -0.137. The van der Waals surface area contributed by atoms with Gasteiger partial charge in [0.15, 0.2) is 0 Å². The molecular weight excluding hydrogens is 321 g/mol. The van der Waals surface area contributed by atoms with Crippen LogP contribution in [0.3, 0.4) is 0 Å². The van der Waals surface area contributed by atoms with Gasteiger partial charge in [-0.3, -0.25) is 4.79 Å². The molecule has 0 bridgehead atoms. The summed E-state index contributed by atoms with van der Waals surface area (Å²) in [7, 11) is 3.59. The van der Waals surface area contributed by atoms with E-state index in [0.29, 0.717) is 17.2 Å². The fourth-order valence-electron chi connectivity index (χ4n) is 1.99. The Kier molecular flexibility index (Phi) is 5.38. The Hall–Kier alpha value is -2.64. The topological polar surface area (TPSA) is 58.1 Å². The maximum absolute atomic E-state index is 12.7. The van der Waals surface area contributed by atoms with Gasteiger partial charge < -0.3 is 10.2 Å². The molecule has 1 amide bonds. The quantitative estimate of drug-likeness (QED) is 0.910. The molecule has 128 valence electrons. The number of carbonyl (C=O) groups excluding carboxylic acids is 1. The van der Waals surface area contributed by atoms with E-state index in [1.54, 1.807) is 31.3 Å². The van der Waals surface area contributed by atoms with Gasteiger partial charge in [-0.2, -0.15) is 13.2 Å². The summed E-state index contributed by atoms with van der Waals surface area (Å²) in [5, 5.41) is 2.64. The van der Waals surface area contributed by atoms with Crippen LogP contribution in [-0.2, 0) is 23.9 Å². The van der Waals surface area contributed by atoms with E-state index in [9.17, 15) is 18.0 Å². The summed E-state index contributed by atoms with van der Waals surface area (Å²) in [6, 6.07) is 6.40. The molecule has 0 atom stereocenters. The first-order chi connectivity index (χ1) is 11.3. The molecule has 0 unspecified atom stereocenters. The summed E-state index contributed by atoms with van der Waals surface area (Å²) in [6.45, 7) is 0.182. The second-order valence-corrected chi connectivity index (χ2v) is 5.39. The fourth-order valence-corrected chi connectivity index (χ4v) is 1.99. The SMILES string of the molecule is CN(C)c1nccc(CNC(=O)Cc2cccc(C(F)(F)F)c2)n1. The molecule has 8 heteroatoms. The molecule has 0 aliphatic carbocycles. The molecule has 0 saturated heterocycles. The highest BCUT2D eigenvalue weighted by molar-refractivity contribution is 5.78. The molecule has 0 saturated carbocycles. The van der Waals surface area contributed by atoms with Gasteiger partial charge in [-0.05, 0) is 17.7 Å². The average molecular weight is 338 g/mol. The molecule has 0 spiro atoms. The van der Waals surface area contributed by atoms with Crippen LogP contribution < -0.4 is 10.2 Å². The molecule has 2 aromatic rings. The standard InChI is InChI=1S/C16H17F3N4O/c1-23(2)15-20-7-6-13(22-15)10-21-14(24)9-11-4-3-5-12(8-11)16(17,18)19/h3-8H,9-10H2,1-2H3,(H,21,24). The van der Waals surface area contributed by atoms with Gasteiger partial charge in [0.1, 0.15) is 0 Å². The molecule has 1 aromatic carbocycles. The first kappa shape index (κ1) is 17.7. The van der Waals surface area contributed by atoms with Gasteiger partial charge in [0.05, 0.1) is 24.2 Å². The van der Waals surface area contributed by atoms with Crippen molar-refractivity contribution in [1.29, 1.82) is 0 Å². The van der Waals surface area contributed by atoms with Crippen molar-refractivity contribution in [2.24, 2.45) is 0 Å². The summed E-state index contributed by atoms with van der Waals surface area (Å²) >= 11 is 0. The zero-order valence-electron chi connectivity index (χ0n) is 13.3. The molecule has 0 aliphatic heterocycles. The maximum Gasteiger partial charge on any atom is 0.416 e. The molecule has 0 fully saturated rings. The molecule has 0 aliphatic rings. The summed E-state index contributed by atoms with van der Waals surface area (Å²) in [5.74, 6) is 0.138. The fraction of sp³-hybridized carbons (Fsp3) is 0.312. The lowest BCUT2D eigenvalue weighted by Crippen LogP contribution is -2.25. The minimum absolute atomic E-state index is 0.129. The molecule has 2 rings (SSSR count). The number of carbonyl (C=O) groups is 1. The van der Waals surface area contributed by atoms with Crippen LogP contribution in [0.15, 0.2) is 36.5 Å². The van der Waals surface area contributed by atoms with Crippen LogP contribution in [0.2, 0.25) is 0 Å². The zero-order valence-corrected chi connectivity index (χ0v) is 13.3. The molecule has 1 heterocycles. The molecule has 1 N–H and O–H groups in total. The van der Waals surface area contributed by atoms with Gasteiger partial charge in [0.2, 0.25) is 11.9 Å². The third-order valence-corrected chi connectivity index (χ3v) is 3.19. The van der Waals surface area contributed by atoms with E-state index < -0.39 is 11.7 Å². The minimum atomic E-state index is -4.42. The van der Waals surface area contributed by atoms with Gasteiger partial charge in [0, 0.05) is 20.3 Å². The van der Waals surface area contributed by atoms with Crippen molar-refractivity contribution in [2.45, 2.75) is 19.1 Å². The Bertz CT molecular complexity index is 716. The number of anilines is 1. The van der Waals surface area contributed by atoms with Crippen LogP contribution in [0.1, 0.15) is 16.8 Å². The maximum atomic E-state index is 12.7. The van der Waals surface area contributed by atoms with E-state index in [1.165, 1.54) is 12.1 Å². The Labute approximate surface area is 137 Å². The second kappa shape index (κ2) is 7.29. The third-order valence-electron chi connectivity index (χ3n) is 3.19. The van der Waals surface area contributed by atoms with E-state index in [4.69, 9.17) is 0 Å². The van der Waals surface area contributed by atoms with Gasteiger partial charge in [-0.15, -0.1) is 0 Å². The number of nitrogens with one attached hydrogen (secondary N) is 1. The summed E-state index contributed by atoms with van der Waals surface area (Å²) in [6.07, 6.45) is -2.97. The number of alkyl halides is 3. The Morgan fingerprint density at radius 2 is 2.00 bits per heavy atom. The number of halogens is 3. The zero-order chi connectivity index (χ0) is 17.7. The van der Waals surface area contributed by atoms with E-state index in [1.807, 2.05) is 0 Å². The minimum Gasteiger partial charge on any atom is -0.350 e. The van der Waals surface area contributed by atoms with Crippen LogP contribution in [-0.4, -0.2) is 30.0 Å². The van der Waals surface area contributed by atoms with Crippen molar-refractivity contribution in [3.05, 3.63) is 53.3 Å². The van der Waals surface area contributed by atoms with E-state index >= 15 is 0 Å². The number of hydrogen-bond donors (Lipinski definition) is 1. The molecule has 5 nitrogen and oxygen atoms in total. The first-order valence-electron chi connectivity index (χ1n) is 7.18. The number of aromatic nitrogens is 2. The Balaban J connectivity index is 1.95. The Morgan fingerprint density at radius 1 is 1.25 bits per heavy atom. The van der Waals surface area contributed by atoms with Gasteiger partial charge in [-0.25, -0.2) is 9.97 Å². The second-order valence-electron chi connectivity index (χ2n) is 5.39. The summed E-state index contributed by atoms with van der Waals surface area (Å²) in [4.78, 5) is 22.0. The number of rotatable bonds is 5. The monoisotopic (exact) mass is 338 g/mol. The van der Waals surface area contributed by atoms with Crippen LogP contribution >= 0.6 is 0 Å². The lowest BCUT2D eigenvalue weighted by Gasteiger charge is -2.11. The van der Waals surface area contributed by atoms with E-state index in [2.05, 4.69) is 15.3 Å². The summed E-state index contributed by atoms with van der Waals surface area (Å²) in [5.41, 5.74) is 0.157. The van der Waals surface area contributed by atoms with E-state index in [0.717, 1.165) is 12.1 Å². The Morgan fingerprint density at radius 3 is 2.67 bits per heavy atom. The normalized spacial score (nSPS) is 11.2. The van der Waals surface area contributed by atoms with Gasteiger partial charge >= 0.3 is 6.18 Å². The van der Waals surface area contributed by atoms with Gasteiger partial charge in [-0.1, -0.05) is 18.2 Å². The van der Waals surface area contributed by atoms with E-state index in [-0.39, 0.29) is 18.9 Å². The number of benzene rings is 1.